The lowest BCUT2D eigenvalue weighted by atomic mass is 10.2. The number of nitrogens with one attached hydrogen (secondary N) is 2. The summed E-state index contributed by atoms with van der Waals surface area (Å²) in [6, 6.07) is 8.24. The fourth-order valence-corrected chi connectivity index (χ4v) is 2.73. The van der Waals surface area contributed by atoms with Crippen LogP contribution in [0, 0.1) is 10.5 Å². The minimum atomic E-state index is 0.540. The van der Waals surface area contributed by atoms with E-state index in [9.17, 15) is 0 Å². The SMILES string of the molecule is CCNc1nc(C2CC2)nc(Nc2ccccc2I)c1C. The molecule has 0 radical (unpaired) electrons. The topological polar surface area (TPSA) is 49.8 Å². The van der Waals surface area contributed by atoms with Gasteiger partial charge in [0, 0.05) is 21.6 Å². The van der Waals surface area contributed by atoms with Gasteiger partial charge in [-0.3, -0.25) is 0 Å². The van der Waals surface area contributed by atoms with Gasteiger partial charge >= 0.3 is 0 Å². The second-order valence-corrected chi connectivity index (χ2v) is 6.48. The van der Waals surface area contributed by atoms with Gasteiger partial charge in [-0.05, 0) is 61.4 Å². The molecule has 1 aromatic heterocycles. The van der Waals surface area contributed by atoms with Crippen LogP contribution in [0.1, 0.15) is 37.1 Å². The van der Waals surface area contributed by atoms with Gasteiger partial charge in [0.2, 0.25) is 0 Å². The molecule has 4 nitrogen and oxygen atoms in total. The minimum absolute atomic E-state index is 0.540. The number of hydrogen-bond acceptors (Lipinski definition) is 4. The standard InChI is InChI=1S/C16H19IN4/c1-3-18-14-10(2)15(21-16(20-14)11-8-9-11)19-13-7-5-4-6-12(13)17/h4-7,11H,3,8-9H2,1-2H3,(H2,18,19,20,21). The molecular weight excluding hydrogens is 375 g/mol. The van der Waals surface area contributed by atoms with Crippen molar-refractivity contribution < 1.29 is 0 Å². The van der Waals surface area contributed by atoms with Crippen molar-refractivity contribution in [1.82, 2.24) is 9.97 Å². The van der Waals surface area contributed by atoms with Gasteiger partial charge in [0.05, 0.1) is 5.69 Å². The summed E-state index contributed by atoms with van der Waals surface area (Å²) in [6.07, 6.45) is 2.41. The van der Waals surface area contributed by atoms with E-state index >= 15 is 0 Å². The summed E-state index contributed by atoms with van der Waals surface area (Å²) >= 11 is 2.34. The van der Waals surface area contributed by atoms with E-state index in [-0.39, 0.29) is 0 Å². The molecule has 0 spiro atoms. The number of hydrogen-bond donors (Lipinski definition) is 2. The van der Waals surface area contributed by atoms with E-state index in [0.29, 0.717) is 5.92 Å². The van der Waals surface area contributed by atoms with Gasteiger partial charge in [-0.1, -0.05) is 12.1 Å². The van der Waals surface area contributed by atoms with E-state index in [4.69, 9.17) is 4.98 Å². The highest BCUT2D eigenvalue weighted by Gasteiger charge is 2.28. The van der Waals surface area contributed by atoms with E-state index < -0.39 is 0 Å². The maximum atomic E-state index is 4.75. The maximum absolute atomic E-state index is 4.75. The molecule has 3 rings (SSSR count). The zero-order valence-electron chi connectivity index (χ0n) is 12.3. The van der Waals surface area contributed by atoms with Crippen molar-refractivity contribution in [1.29, 1.82) is 0 Å². The quantitative estimate of drug-likeness (QED) is 0.737. The lowest BCUT2D eigenvalue weighted by Crippen LogP contribution is -2.09. The van der Waals surface area contributed by atoms with Crippen molar-refractivity contribution >= 4 is 39.9 Å². The van der Waals surface area contributed by atoms with Crippen LogP contribution in [-0.2, 0) is 0 Å². The summed E-state index contributed by atoms with van der Waals surface area (Å²) in [7, 11) is 0. The highest BCUT2D eigenvalue weighted by Crippen LogP contribution is 2.40. The van der Waals surface area contributed by atoms with Crippen molar-refractivity contribution in [3.05, 3.63) is 39.2 Å². The monoisotopic (exact) mass is 394 g/mol. The molecule has 0 aliphatic heterocycles. The molecule has 0 unspecified atom stereocenters. The Morgan fingerprint density at radius 2 is 1.90 bits per heavy atom. The van der Waals surface area contributed by atoms with Crippen LogP contribution in [0.25, 0.3) is 0 Å². The maximum Gasteiger partial charge on any atom is 0.139 e. The predicted molar refractivity (Wildman–Crippen MR) is 95.3 cm³/mol. The third kappa shape index (κ3) is 3.28. The third-order valence-corrected chi connectivity index (χ3v) is 4.52. The second-order valence-electron chi connectivity index (χ2n) is 5.31. The Morgan fingerprint density at radius 3 is 2.57 bits per heavy atom. The van der Waals surface area contributed by atoms with Gasteiger partial charge in [0.1, 0.15) is 17.5 Å². The molecule has 0 amide bonds. The molecule has 0 bridgehead atoms. The van der Waals surface area contributed by atoms with Gasteiger partial charge in [-0.15, -0.1) is 0 Å². The van der Waals surface area contributed by atoms with Crippen LogP contribution in [0.3, 0.4) is 0 Å². The van der Waals surface area contributed by atoms with Gasteiger partial charge in [-0.2, -0.15) is 0 Å². The van der Waals surface area contributed by atoms with Crippen molar-refractivity contribution in [2.75, 3.05) is 17.2 Å². The van der Waals surface area contributed by atoms with Crippen molar-refractivity contribution in [2.24, 2.45) is 0 Å². The van der Waals surface area contributed by atoms with Crippen LogP contribution in [0.4, 0.5) is 17.3 Å². The fourth-order valence-electron chi connectivity index (χ4n) is 2.21. The number of benzene rings is 1. The largest absolute Gasteiger partial charge is 0.370 e. The van der Waals surface area contributed by atoms with E-state index in [1.54, 1.807) is 0 Å². The summed E-state index contributed by atoms with van der Waals surface area (Å²) in [6.45, 7) is 5.02. The molecule has 0 atom stereocenters. The molecular formula is C16H19IN4. The Hall–Kier alpha value is -1.37. The predicted octanol–water partition coefficient (Wildman–Crippen LogP) is 4.44. The Labute approximate surface area is 138 Å². The molecule has 1 aliphatic carbocycles. The molecule has 1 aromatic carbocycles. The molecule has 5 heteroatoms. The first kappa shape index (κ1) is 14.6. The fraction of sp³-hybridized carbons (Fsp3) is 0.375. The lowest BCUT2D eigenvalue weighted by Gasteiger charge is -2.15. The minimum Gasteiger partial charge on any atom is -0.370 e. The summed E-state index contributed by atoms with van der Waals surface area (Å²) in [4.78, 5) is 9.43. The van der Waals surface area contributed by atoms with Crippen LogP contribution < -0.4 is 10.6 Å². The Bertz CT molecular complexity index is 653. The highest BCUT2D eigenvalue weighted by atomic mass is 127. The molecule has 2 aromatic rings. The van der Waals surface area contributed by atoms with Gasteiger partial charge < -0.3 is 10.6 Å². The normalized spacial score (nSPS) is 14.0. The number of halogens is 1. The van der Waals surface area contributed by atoms with E-state index in [0.717, 1.165) is 35.3 Å². The molecule has 1 saturated carbocycles. The molecule has 21 heavy (non-hydrogen) atoms. The van der Waals surface area contributed by atoms with Gasteiger partial charge in [0.15, 0.2) is 0 Å². The van der Waals surface area contributed by atoms with E-state index in [2.05, 4.69) is 64.2 Å². The molecule has 1 heterocycles. The number of anilines is 3. The first-order valence-corrected chi connectivity index (χ1v) is 8.41. The van der Waals surface area contributed by atoms with Crippen molar-refractivity contribution in [3.8, 4) is 0 Å². The van der Waals surface area contributed by atoms with Crippen LogP contribution in [0.2, 0.25) is 0 Å². The molecule has 2 N–H and O–H groups in total. The Balaban J connectivity index is 1.98. The smallest absolute Gasteiger partial charge is 0.139 e. The Kier molecular flexibility index (Phi) is 4.28. The Morgan fingerprint density at radius 1 is 1.19 bits per heavy atom. The average Bonchev–Trinajstić information content (AvgIpc) is 3.30. The zero-order valence-corrected chi connectivity index (χ0v) is 14.4. The van der Waals surface area contributed by atoms with Crippen molar-refractivity contribution in [3.63, 3.8) is 0 Å². The number of aromatic nitrogens is 2. The zero-order chi connectivity index (χ0) is 14.8. The summed E-state index contributed by atoms with van der Waals surface area (Å²) < 4.78 is 1.19. The van der Waals surface area contributed by atoms with Gasteiger partial charge in [0.25, 0.3) is 0 Å². The third-order valence-electron chi connectivity index (χ3n) is 3.58. The van der Waals surface area contributed by atoms with Crippen LogP contribution in [0.5, 0.6) is 0 Å². The molecule has 1 aliphatic rings. The summed E-state index contributed by atoms with van der Waals surface area (Å²) in [5.74, 6) is 3.36. The summed E-state index contributed by atoms with van der Waals surface area (Å²) in [5, 5.41) is 6.81. The first-order valence-electron chi connectivity index (χ1n) is 7.33. The van der Waals surface area contributed by atoms with Crippen molar-refractivity contribution in [2.45, 2.75) is 32.6 Å². The number of para-hydroxylation sites is 1. The van der Waals surface area contributed by atoms with Gasteiger partial charge in [-0.25, -0.2) is 9.97 Å². The van der Waals surface area contributed by atoms with Crippen LogP contribution >= 0.6 is 22.6 Å². The molecule has 110 valence electrons. The number of rotatable bonds is 5. The number of nitrogens with zero attached hydrogens (tertiary/aromatic N) is 2. The van der Waals surface area contributed by atoms with Crippen LogP contribution in [0.15, 0.2) is 24.3 Å². The summed E-state index contributed by atoms with van der Waals surface area (Å²) in [5.41, 5.74) is 2.16. The molecule has 1 fully saturated rings. The van der Waals surface area contributed by atoms with E-state index in [1.165, 1.54) is 16.4 Å². The average molecular weight is 394 g/mol. The first-order chi connectivity index (χ1) is 10.2. The highest BCUT2D eigenvalue weighted by molar-refractivity contribution is 14.1. The van der Waals surface area contributed by atoms with Crippen LogP contribution in [-0.4, -0.2) is 16.5 Å². The van der Waals surface area contributed by atoms with E-state index in [1.807, 2.05) is 12.1 Å². The second kappa shape index (κ2) is 6.17. The lowest BCUT2D eigenvalue weighted by molar-refractivity contribution is 0.918. The molecule has 0 saturated heterocycles.